The van der Waals surface area contributed by atoms with E-state index in [1.54, 1.807) is 0 Å². The van der Waals surface area contributed by atoms with E-state index in [2.05, 4.69) is 70.2 Å². The van der Waals surface area contributed by atoms with Crippen molar-refractivity contribution in [3.63, 3.8) is 0 Å². The van der Waals surface area contributed by atoms with Crippen molar-refractivity contribution >= 4 is 16.7 Å². The van der Waals surface area contributed by atoms with E-state index in [-0.39, 0.29) is 0 Å². The molecule has 29 heavy (non-hydrogen) atoms. The van der Waals surface area contributed by atoms with E-state index < -0.39 is 0 Å². The summed E-state index contributed by atoms with van der Waals surface area (Å²) in [6, 6.07) is 22.7. The Morgan fingerprint density at radius 1 is 0.966 bits per heavy atom. The monoisotopic (exact) mass is 387 g/mol. The summed E-state index contributed by atoms with van der Waals surface area (Å²) in [4.78, 5) is 0. The average molecular weight is 387 g/mol. The van der Waals surface area contributed by atoms with Crippen LogP contribution in [0.1, 0.15) is 30.9 Å². The molecule has 0 amide bonds. The Morgan fingerprint density at radius 2 is 1.79 bits per heavy atom. The molecule has 0 aliphatic heterocycles. The van der Waals surface area contributed by atoms with E-state index >= 15 is 0 Å². The fraction of sp³-hybridized carbons (Fsp3) is 0.261. The SMILES string of the molecule is CCCCn1nnnc1NCc1c(OCc2ccccc2)ccc2ccccc12. The molecule has 6 heteroatoms. The number of aryl methyl sites for hydroxylation is 1. The number of hydrogen-bond donors (Lipinski definition) is 1. The minimum atomic E-state index is 0.528. The van der Waals surface area contributed by atoms with Crippen molar-refractivity contribution in [3.8, 4) is 5.75 Å². The van der Waals surface area contributed by atoms with Crippen molar-refractivity contribution < 1.29 is 4.74 Å². The topological polar surface area (TPSA) is 64.9 Å². The van der Waals surface area contributed by atoms with E-state index in [4.69, 9.17) is 4.74 Å². The zero-order valence-electron chi connectivity index (χ0n) is 16.6. The maximum Gasteiger partial charge on any atom is 0.243 e. The highest BCUT2D eigenvalue weighted by Gasteiger charge is 2.12. The maximum atomic E-state index is 6.20. The molecule has 0 saturated heterocycles. The Hall–Kier alpha value is -3.41. The summed E-state index contributed by atoms with van der Waals surface area (Å²) < 4.78 is 8.02. The van der Waals surface area contributed by atoms with Gasteiger partial charge in [0.1, 0.15) is 12.4 Å². The summed E-state index contributed by atoms with van der Waals surface area (Å²) in [7, 11) is 0. The number of nitrogens with zero attached hydrogens (tertiary/aromatic N) is 4. The molecule has 4 rings (SSSR count). The number of hydrogen-bond acceptors (Lipinski definition) is 5. The van der Waals surface area contributed by atoms with Gasteiger partial charge in [0.05, 0.1) is 0 Å². The smallest absolute Gasteiger partial charge is 0.243 e. The van der Waals surface area contributed by atoms with Crippen LogP contribution in [-0.4, -0.2) is 20.2 Å². The second kappa shape index (κ2) is 9.19. The number of unbranched alkanes of at least 4 members (excludes halogenated alkanes) is 1. The van der Waals surface area contributed by atoms with Crippen LogP contribution in [0.4, 0.5) is 5.95 Å². The molecule has 1 N–H and O–H groups in total. The van der Waals surface area contributed by atoms with E-state index in [0.717, 1.165) is 41.6 Å². The highest BCUT2D eigenvalue weighted by Crippen LogP contribution is 2.29. The van der Waals surface area contributed by atoms with Crippen molar-refractivity contribution in [2.75, 3.05) is 5.32 Å². The van der Waals surface area contributed by atoms with Crippen molar-refractivity contribution in [1.29, 1.82) is 0 Å². The first kappa shape index (κ1) is 18.9. The van der Waals surface area contributed by atoms with E-state index in [1.165, 1.54) is 5.39 Å². The lowest BCUT2D eigenvalue weighted by Gasteiger charge is -2.15. The lowest BCUT2D eigenvalue weighted by molar-refractivity contribution is 0.304. The maximum absolute atomic E-state index is 6.20. The summed E-state index contributed by atoms with van der Waals surface area (Å²) in [5, 5.41) is 17.8. The molecule has 0 unspecified atom stereocenters. The number of fused-ring (bicyclic) bond motifs is 1. The third-order valence-corrected chi connectivity index (χ3v) is 4.91. The van der Waals surface area contributed by atoms with Crippen LogP contribution in [-0.2, 0) is 19.7 Å². The van der Waals surface area contributed by atoms with Gasteiger partial charge < -0.3 is 10.1 Å². The number of nitrogens with one attached hydrogen (secondary N) is 1. The average Bonchev–Trinajstić information content (AvgIpc) is 3.23. The number of rotatable bonds is 9. The van der Waals surface area contributed by atoms with Crippen LogP contribution in [0, 0.1) is 0 Å². The number of aromatic nitrogens is 4. The molecule has 1 aromatic heterocycles. The molecule has 1 heterocycles. The first-order chi connectivity index (χ1) is 14.3. The Labute approximate surface area is 170 Å². The first-order valence-electron chi connectivity index (χ1n) is 10.0. The molecule has 0 saturated carbocycles. The van der Waals surface area contributed by atoms with Crippen molar-refractivity contribution in [2.45, 2.75) is 39.5 Å². The zero-order chi connectivity index (χ0) is 19.9. The van der Waals surface area contributed by atoms with Crippen molar-refractivity contribution in [2.24, 2.45) is 0 Å². The molecule has 148 valence electrons. The second-order valence-electron chi connectivity index (χ2n) is 6.97. The van der Waals surface area contributed by atoms with Gasteiger partial charge in [-0.1, -0.05) is 79.1 Å². The molecule has 0 aliphatic carbocycles. The zero-order valence-corrected chi connectivity index (χ0v) is 16.6. The van der Waals surface area contributed by atoms with Gasteiger partial charge in [-0.2, -0.15) is 0 Å². The second-order valence-corrected chi connectivity index (χ2v) is 6.97. The van der Waals surface area contributed by atoms with Gasteiger partial charge in [0, 0.05) is 18.7 Å². The molecule has 3 aromatic carbocycles. The van der Waals surface area contributed by atoms with Crippen LogP contribution in [0.5, 0.6) is 5.75 Å². The molecule has 0 spiro atoms. The van der Waals surface area contributed by atoms with E-state index in [0.29, 0.717) is 19.1 Å². The lowest BCUT2D eigenvalue weighted by Crippen LogP contribution is -2.10. The molecule has 6 nitrogen and oxygen atoms in total. The van der Waals surface area contributed by atoms with E-state index in [1.807, 2.05) is 28.9 Å². The van der Waals surface area contributed by atoms with Gasteiger partial charge in [0.2, 0.25) is 5.95 Å². The molecular formula is C23H25N5O. The van der Waals surface area contributed by atoms with Gasteiger partial charge in [-0.05, 0) is 39.2 Å². The van der Waals surface area contributed by atoms with Crippen molar-refractivity contribution in [3.05, 3.63) is 77.9 Å². The quantitative estimate of drug-likeness (QED) is 0.446. The number of ether oxygens (including phenoxy) is 1. The van der Waals surface area contributed by atoms with Gasteiger partial charge in [0.15, 0.2) is 0 Å². The van der Waals surface area contributed by atoms with Crippen LogP contribution in [0.3, 0.4) is 0 Å². The Kier molecular flexibility index (Phi) is 6.00. The molecule has 0 fully saturated rings. The third kappa shape index (κ3) is 4.54. The third-order valence-electron chi connectivity index (χ3n) is 4.91. The molecule has 0 atom stereocenters. The van der Waals surface area contributed by atoms with Gasteiger partial charge in [-0.25, -0.2) is 4.68 Å². The number of benzene rings is 3. The summed E-state index contributed by atoms with van der Waals surface area (Å²) in [5.74, 6) is 1.55. The fourth-order valence-corrected chi connectivity index (χ4v) is 3.33. The highest BCUT2D eigenvalue weighted by atomic mass is 16.5. The van der Waals surface area contributed by atoms with Gasteiger partial charge in [0.25, 0.3) is 0 Å². The number of anilines is 1. The van der Waals surface area contributed by atoms with Crippen LogP contribution in [0.2, 0.25) is 0 Å². The molecule has 0 radical (unpaired) electrons. The summed E-state index contributed by atoms with van der Waals surface area (Å²) >= 11 is 0. The summed E-state index contributed by atoms with van der Waals surface area (Å²) in [5.41, 5.74) is 2.24. The predicted octanol–water partition coefficient (Wildman–Crippen LogP) is 4.82. The molecular weight excluding hydrogens is 362 g/mol. The first-order valence-corrected chi connectivity index (χ1v) is 10.0. The van der Waals surface area contributed by atoms with Crippen LogP contribution in [0.25, 0.3) is 10.8 Å². The van der Waals surface area contributed by atoms with E-state index in [9.17, 15) is 0 Å². The van der Waals surface area contributed by atoms with Crippen LogP contribution < -0.4 is 10.1 Å². The lowest BCUT2D eigenvalue weighted by atomic mass is 10.0. The molecule has 0 bridgehead atoms. The largest absolute Gasteiger partial charge is 0.489 e. The fourth-order valence-electron chi connectivity index (χ4n) is 3.33. The molecule has 0 aliphatic rings. The Morgan fingerprint density at radius 3 is 2.66 bits per heavy atom. The number of tetrazole rings is 1. The predicted molar refractivity (Wildman–Crippen MR) is 115 cm³/mol. The Balaban J connectivity index is 1.58. The summed E-state index contributed by atoms with van der Waals surface area (Å²) in [6.07, 6.45) is 2.14. The van der Waals surface area contributed by atoms with Gasteiger partial charge >= 0.3 is 0 Å². The van der Waals surface area contributed by atoms with Crippen LogP contribution >= 0.6 is 0 Å². The minimum absolute atomic E-state index is 0.528. The van der Waals surface area contributed by atoms with Gasteiger partial charge in [-0.3, -0.25) is 0 Å². The summed E-state index contributed by atoms with van der Waals surface area (Å²) in [6.45, 7) is 4.07. The molecule has 4 aromatic rings. The van der Waals surface area contributed by atoms with Crippen LogP contribution in [0.15, 0.2) is 66.7 Å². The standard InChI is InChI=1S/C23H25N5O/c1-2-3-15-28-23(25-26-27-28)24-16-21-20-12-8-7-11-19(20)13-14-22(21)29-17-18-9-5-4-6-10-18/h4-14H,2-3,15-17H2,1H3,(H,24,25,27). The van der Waals surface area contributed by atoms with Gasteiger partial charge in [-0.15, -0.1) is 0 Å². The highest BCUT2D eigenvalue weighted by molar-refractivity contribution is 5.88. The normalized spacial score (nSPS) is 10.9. The Bertz CT molecular complexity index is 1060. The van der Waals surface area contributed by atoms with Crippen molar-refractivity contribution in [1.82, 2.24) is 20.2 Å². The minimum Gasteiger partial charge on any atom is -0.489 e.